The van der Waals surface area contributed by atoms with Crippen LogP contribution in [0.4, 0.5) is 0 Å². The molecular weight excluding hydrogens is 236 g/mol. The molecule has 1 aromatic carbocycles. The fourth-order valence-corrected chi connectivity index (χ4v) is 1.87. The number of benzene rings is 1. The van der Waals surface area contributed by atoms with Gasteiger partial charge in [-0.1, -0.05) is 36.8 Å². The minimum atomic E-state index is -0.190. The van der Waals surface area contributed by atoms with Crippen LogP contribution in [-0.2, 0) is 4.79 Å². The molecule has 1 aromatic rings. The lowest BCUT2D eigenvalue weighted by atomic mass is 10.1. The molecule has 3 nitrogen and oxygen atoms in total. The summed E-state index contributed by atoms with van der Waals surface area (Å²) in [5.74, 6) is 0.0633. The lowest BCUT2D eigenvalue weighted by molar-refractivity contribution is -0.123. The summed E-state index contributed by atoms with van der Waals surface area (Å²) in [5, 5.41) is 6.33. The summed E-state index contributed by atoms with van der Waals surface area (Å²) in [6.07, 6.45) is 0.950. The third-order valence-electron chi connectivity index (χ3n) is 3.47. The highest BCUT2D eigenvalue weighted by molar-refractivity contribution is 5.81. The lowest BCUT2D eigenvalue weighted by Gasteiger charge is -2.21. The van der Waals surface area contributed by atoms with Crippen molar-refractivity contribution in [2.75, 3.05) is 0 Å². The summed E-state index contributed by atoms with van der Waals surface area (Å²) >= 11 is 0. The normalized spacial score (nSPS) is 15.6. The van der Waals surface area contributed by atoms with Gasteiger partial charge in [-0.05, 0) is 39.7 Å². The summed E-state index contributed by atoms with van der Waals surface area (Å²) in [4.78, 5) is 12.0. The smallest absolute Gasteiger partial charge is 0.237 e. The number of carbonyl (C=O) groups is 1. The second-order valence-corrected chi connectivity index (χ2v) is 5.34. The van der Waals surface area contributed by atoms with Gasteiger partial charge in [-0.3, -0.25) is 10.1 Å². The van der Waals surface area contributed by atoms with E-state index >= 15 is 0 Å². The van der Waals surface area contributed by atoms with Crippen LogP contribution in [0.5, 0.6) is 0 Å². The summed E-state index contributed by atoms with van der Waals surface area (Å²) in [6, 6.07) is 8.60. The van der Waals surface area contributed by atoms with Crippen molar-refractivity contribution >= 4 is 5.91 Å². The average Bonchev–Trinajstić information content (AvgIpc) is 2.38. The van der Waals surface area contributed by atoms with Gasteiger partial charge in [0.25, 0.3) is 0 Å². The van der Waals surface area contributed by atoms with Crippen LogP contribution in [0.1, 0.15) is 51.3 Å². The summed E-state index contributed by atoms with van der Waals surface area (Å²) < 4.78 is 0. The molecule has 2 N–H and O–H groups in total. The molecule has 1 rings (SSSR count). The van der Waals surface area contributed by atoms with E-state index in [1.54, 1.807) is 0 Å². The van der Waals surface area contributed by atoms with Crippen molar-refractivity contribution in [3.8, 4) is 0 Å². The molecule has 106 valence electrons. The summed E-state index contributed by atoms with van der Waals surface area (Å²) in [6.45, 7) is 10.1. The third kappa shape index (κ3) is 5.03. The quantitative estimate of drug-likeness (QED) is 0.827. The maximum absolute atomic E-state index is 12.0. The molecule has 3 atom stereocenters. The first-order valence-electron chi connectivity index (χ1n) is 7.07. The van der Waals surface area contributed by atoms with Crippen molar-refractivity contribution in [2.45, 2.75) is 59.2 Å². The van der Waals surface area contributed by atoms with E-state index in [4.69, 9.17) is 0 Å². The molecule has 0 aliphatic carbocycles. The maximum Gasteiger partial charge on any atom is 0.237 e. The van der Waals surface area contributed by atoms with Gasteiger partial charge in [0.1, 0.15) is 0 Å². The molecular formula is C16H26N2O. The molecule has 0 bridgehead atoms. The van der Waals surface area contributed by atoms with Crippen LogP contribution in [0.3, 0.4) is 0 Å². The van der Waals surface area contributed by atoms with E-state index in [1.807, 2.05) is 13.8 Å². The summed E-state index contributed by atoms with van der Waals surface area (Å²) in [7, 11) is 0. The van der Waals surface area contributed by atoms with Crippen LogP contribution in [0, 0.1) is 6.92 Å². The molecule has 0 saturated heterocycles. The van der Waals surface area contributed by atoms with Crippen molar-refractivity contribution in [3.05, 3.63) is 35.4 Å². The molecule has 0 aliphatic rings. The molecule has 0 fully saturated rings. The van der Waals surface area contributed by atoms with Crippen LogP contribution < -0.4 is 10.6 Å². The second kappa shape index (κ2) is 7.29. The van der Waals surface area contributed by atoms with Crippen LogP contribution in [0.2, 0.25) is 0 Å². The largest absolute Gasteiger partial charge is 0.352 e. The first kappa shape index (κ1) is 15.7. The highest BCUT2D eigenvalue weighted by atomic mass is 16.2. The van der Waals surface area contributed by atoms with Gasteiger partial charge < -0.3 is 5.32 Å². The zero-order chi connectivity index (χ0) is 14.4. The molecule has 0 saturated carbocycles. The Morgan fingerprint density at radius 2 is 1.74 bits per heavy atom. The van der Waals surface area contributed by atoms with Gasteiger partial charge in [-0.15, -0.1) is 0 Å². The maximum atomic E-state index is 12.0. The fraction of sp³-hybridized carbons (Fsp3) is 0.562. The Morgan fingerprint density at radius 3 is 2.26 bits per heavy atom. The van der Waals surface area contributed by atoms with E-state index in [-0.39, 0.29) is 24.0 Å². The predicted molar refractivity (Wildman–Crippen MR) is 80.1 cm³/mol. The van der Waals surface area contributed by atoms with Crippen molar-refractivity contribution in [1.82, 2.24) is 10.6 Å². The molecule has 0 aromatic heterocycles. The van der Waals surface area contributed by atoms with Crippen LogP contribution in [0.25, 0.3) is 0 Å². The number of carbonyl (C=O) groups excluding carboxylic acids is 1. The van der Waals surface area contributed by atoms with E-state index in [2.05, 4.69) is 55.7 Å². The molecule has 3 heteroatoms. The van der Waals surface area contributed by atoms with Gasteiger partial charge in [0.2, 0.25) is 5.91 Å². The molecule has 0 spiro atoms. The van der Waals surface area contributed by atoms with Crippen molar-refractivity contribution in [2.24, 2.45) is 0 Å². The molecule has 1 amide bonds. The third-order valence-corrected chi connectivity index (χ3v) is 3.47. The van der Waals surface area contributed by atoms with Crippen LogP contribution in [-0.4, -0.2) is 18.0 Å². The molecule has 0 aliphatic heterocycles. The van der Waals surface area contributed by atoms with Gasteiger partial charge in [0.15, 0.2) is 0 Å². The van der Waals surface area contributed by atoms with Gasteiger partial charge >= 0.3 is 0 Å². The molecule has 0 radical (unpaired) electrons. The van der Waals surface area contributed by atoms with Crippen LogP contribution >= 0.6 is 0 Å². The number of aryl methyl sites for hydroxylation is 1. The number of amides is 1. The first-order valence-corrected chi connectivity index (χ1v) is 7.07. The van der Waals surface area contributed by atoms with Crippen LogP contribution in [0.15, 0.2) is 24.3 Å². The number of hydrogen-bond donors (Lipinski definition) is 2. The van der Waals surface area contributed by atoms with E-state index in [9.17, 15) is 4.79 Å². The standard InChI is InChI=1S/C16H26N2O/c1-6-12(3)17-16(19)14(5)18-13(4)15-9-7-11(2)8-10-15/h7-10,12-14,18H,6H2,1-5H3,(H,17,19)/t12?,13-,14?/m0/s1. The Balaban J connectivity index is 2.53. The fourth-order valence-electron chi connectivity index (χ4n) is 1.87. The van der Waals surface area contributed by atoms with E-state index < -0.39 is 0 Å². The van der Waals surface area contributed by atoms with Gasteiger partial charge in [0.05, 0.1) is 6.04 Å². The minimum absolute atomic E-state index is 0.0633. The minimum Gasteiger partial charge on any atom is -0.352 e. The van der Waals surface area contributed by atoms with Crippen molar-refractivity contribution < 1.29 is 4.79 Å². The Labute approximate surface area is 116 Å². The average molecular weight is 262 g/mol. The molecule has 0 heterocycles. The van der Waals surface area contributed by atoms with E-state index in [0.29, 0.717) is 0 Å². The van der Waals surface area contributed by atoms with Crippen molar-refractivity contribution in [3.63, 3.8) is 0 Å². The Hall–Kier alpha value is -1.35. The monoisotopic (exact) mass is 262 g/mol. The molecule has 19 heavy (non-hydrogen) atoms. The number of hydrogen-bond acceptors (Lipinski definition) is 2. The lowest BCUT2D eigenvalue weighted by Crippen LogP contribution is -2.45. The van der Waals surface area contributed by atoms with Crippen molar-refractivity contribution in [1.29, 1.82) is 0 Å². The molecule has 2 unspecified atom stereocenters. The Kier molecular flexibility index (Phi) is 6.03. The van der Waals surface area contributed by atoms with E-state index in [1.165, 1.54) is 11.1 Å². The highest BCUT2D eigenvalue weighted by Crippen LogP contribution is 2.13. The Bertz CT molecular complexity index is 400. The SMILES string of the molecule is CCC(C)NC(=O)C(C)N[C@@H](C)c1ccc(C)cc1. The Morgan fingerprint density at radius 1 is 1.16 bits per heavy atom. The second-order valence-electron chi connectivity index (χ2n) is 5.34. The zero-order valence-electron chi connectivity index (χ0n) is 12.7. The number of nitrogens with one attached hydrogen (secondary N) is 2. The zero-order valence-corrected chi connectivity index (χ0v) is 12.7. The topological polar surface area (TPSA) is 41.1 Å². The van der Waals surface area contributed by atoms with Gasteiger partial charge in [-0.2, -0.15) is 0 Å². The highest BCUT2D eigenvalue weighted by Gasteiger charge is 2.17. The first-order chi connectivity index (χ1) is 8.93. The number of rotatable bonds is 6. The van der Waals surface area contributed by atoms with E-state index in [0.717, 1.165) is 6.42 Å². The van der Waals surface area contributed by atoms with Gasteiger partial charge in [0, 0.05) is 12.1 Å². The summed E-state index contributed by atoms with van der Waals surface area (Å²) in [5.41, 5.74) is 2.45. The predicted octanol–water partition coefficient (Wildman–Crippen LogP) is 2.95. The van der Waals surface area contributed by atoms with Gasteiger partial charge in [-0.25, -0.2) is 0 Å².